The van der Waals surface area contributed by atoms with Gasteiger partial charge < -0.3 is 9.47 Å². The molecule has 0 unspecified atom stereocenters. The molecule has 0 amide bonds. The van der Waals surface area contributed by atoms with E-state index in [-0.39, 0.29) is 5.82 Å². The first-order valence-electron chi connectivity index (χ1n) is 6.54. The van der Waals surface area contributed by atoms with Crippen molar-refractivity contribution in [1.82, 2.24) is 4.90 Å². The Hall–Kier alpha value is -1.13. The van der Waals surface area contributed by atoms with Crippen molar-refractivity contribution in [2.24, 2.45) is 0 Å². The summed E-state index contributed by atoms with van der Waals surface area (Å²) in [5, 5.41) is 0. The Morgan fingerprint density at radius 2 is 1.94 bits per heavy atom. The van der Waals surface area contributed by atoms with Crippen LogP contribution in [-0.2, 0) is 4.74 Å². The van der Waals surface area contributed by atoms with Gasteiger partial charge in [0.25, 0.3) is 0 Å². The molecule has 3 nitrogen and oxygen atoms in total. The van der Waals surface area contributed by atoms with Gasteiger partial charge in [-0.2, -0.15) is 0 Å². The van der Waals surface area contributed by atoms with Crippen LogP contribution in [0.3, 0.4) is 0 Å². The monoisotopic (exact) mass is 253 g/mol. The molecule has 1 fully saturated rings. The first kappa shape index (κ1) is 13.3. The molecule has 1 aliphatic rings. The first-order valence-corrected chi connectivity index (χ1v) is 6.54. The van der Waals surface area contributed by atoms with Crippen molar-refractivity contribution < 1.29 is 13.9 Å². The smallest absolute Gasteiger partial charge is 0.165 e. The first-order chi connectivity index (χ1) is 8.86. The fourth-order valence-corrected chi connectivity index (χ4v) is 2.01. The molecule has 2 rings (SSSR count). The van der Waals surface area contributed by atoms with E-state index in [0.29, 0.717) is 12.4 Å². The Morgan fingerprint density at radius 3 is 2.72 bits per heavy atom. The normalized spacial score (nSPS) is 16.7. The molecular weight excluding hydrogens is 233 g/mol. The van der Waals surface area contributed by atoms with Gasteiger partial charge in [0.1, 0.15) is 0 Å². The second-order valence-electron chi connectivity index (χ2n) is 4.44. The molecular formula is C14H20FNO2. The summed E-state index contributed by atoms with van der Waals surface area (Å²) < 4.78 is 23.9. The van der Waals surface area contributed by atoms with Crippen molar-refractivity contribution in [1.29, 1.82) is 0 Å². The molecule has 0 spiro atoms. The molecule has 0 radical (unpaired) electrons. The summed E-state index contributed by atoms with van der Waals surface area (Å²) in [5.41, 5.74) is 0. The van der Waals surface area contributed by atoms with Crippen molar-refractivity contribution >= 4 is 0 Å². The van der Waals surface area contributed by atoms with E-state index in [2.05, 4.69) is 4.90 Å². The number of hydrogen-bond acceptors (Lipinski definition) is 3. The third kappa shape index (κ3) is 4.27. The highest BCUT2D eigenvalue weighted by atomic mass is 19.1. The fraction of sp³-hybridized carbons (Fsp3) is 0.571. The summed E-state index contributed by atoms with van der Waals surface area (Å²) in [7, 11) is 0. The van der Waals surface area contributed by atoms with Crippen LogP contribution < -0.4 is 4.74 Å². The minimum Gasteiger partial charge on any atom is -0.491 e. The topological polar surface area (TPSA) is 21.7 Å². The highest BCUT2D eigenvalue weighted by Crippen LogP contribution is 2.15. The Bertz CT molecular complexity index is 353. The van der Waals surface area contributed by atoms with E-state index in [1.807, 2.05) is 0 Å². The molecule has 0 aromatic heterocycles. The van der Waals surface area contributed by atoms with Gasteiger partial charge in [0.2, 0.25) is 0 Å². The fourth-order valence-electron chi connectivity index (χ4n) is 2.01. The lowest BCUT2D eigenvalue weighted by Gasteiger charge is -2.26. The largest absolute Gasteiger partial charge is 0.491 e. The Labute approximate surface area is 107 Å². The van der Waals surface area contributed by atoms with Crippen molar-refractivity contribution in [2.75, 3.05) is 39.5 Å². The number of hydrogen-bond donors (Lipinski definition) is 0. The van der Waals surface area contributed by atoms with Crippen LogP contribution in [0.25, 0.3) is 0 Å². The number of halogens is 1. The minimum atomic E-state index is -0.286. The van der Waals surface area contributed by atoms with Gasteiger partial charge in [-0.25, -0.2) is 4.39 Å². The molecule has 1 aromatic carbocycles. The summed E-state index contributed by atoms with van der Waals surface area (Å²) in [4.78, 5) is 2.40. The summed E-state index contributed by atoms with van der Waals surface area (Å²) in [5.74, 6) is 0.0644. The summed E-state index contributed by atoms with van der Waals surface area (Å²) in [6, 6.07) is 6.53. The van der Waals surface area contributed by atoms with Gasteiger partial charge in [0.15, 0.2) is 11.6 Å². The van der Waals surface area contributed by atoms with Crippen LogP contribution in [-0.4, -0.2) is 44.4 Å². The van der Waals surface area contributed by atoms with E-state index >= 15 is 0 Å². The second-order valence-corrected chi connectivity index (χ2v) is 4.44. The van der Waals surface area contributed by atoms with Gasteiger partial charge >= 0.3 is 0 Å². The minimum absolute atomic E-state index is 0.286. The van der Waals surface area contributed by atoms with E-state index in [1.54, 1.807) is 18.2 Å². The zero-order valence-corrected chi connectivity index (χ0v) is 10.6. The maximum atomic E-state index is 13.2. The van der Waals surface area contributed by atoms with Gasteiger partial charge in [0.05, 0.1) is 19.8 Å². The zero-order valence-electron chi connectivity index (χ0n) is 10.6. The van der Waals surface area contributed by atoms with Crippen molar-refractivity contribution in [3.63, 3.8) is 0 Å². The van der Waals surface area contributed by atoms with Crippen LogP contribution in [0.4, 0.5) is 4.39 Å². The Balaban J connectivity index is 1.57. The average Bonchev–Trinajstić information content (AvgIpc) is 2.42. The molecule has 0 bridgehead atoms. The van der Waals surface area contributed by atoms with Gasteiger partial charge in [-0.15, -0.1) is 0 Å². The van der Waals surface area contributed by atoms with Crippen molar-refractivity contribution in [3.05, 3.63) is 30.1 Å². The van der Waals surface area contributed by atoms with E-state index in [0.717, 1.165) is 45.7 Å². The maximum Gasteiger partial charge on any atom is 0.165 e. The predicted molar refractivity (Wildman–Crippen MR) is 68.4 cm³/mol. The van der Waals surface area contributed by atoms with Gasteiger partial charge in [-0.1, -0.05) is 12.1 Å². The molecule has 4 heteroatoms. The number of ether oxygens (including phenoxy) is 2. The number of para-hydroxylation sites is 1. The number of benzene rings is 1. The molecule has 0 aliphatic carbocycles. The highest BCUT2D eigenvalue weighted by Gasteiger charge is 2.09. The highest BCUT2D eigenvalue weighted by molar-refractivity contribution is 5.23. The van der Waals surface area contributed by atoms with E-state index < -0.39 is 0 Å². The molecule has 1 aliphatic heterocycles. The zero-order chi connectivity index (χ0) is 12.6. The molecule has 0 N–H and O–H groups in total. The van der Waals surface area contributed by atoms with E-state index in [9.17, 15) is 4.39 Å². The lowest BCUT2D eigenvalue weighted by atomic mass is 10.3. The van der Waals surface area contributed by atoms with E-state index in [1.165, 1.54) is 6.07 Å². The van der Waals surface area contributed by atoms with Crippen molar-refractivity contribution in [3.8, 4) is 5.75 Å². The number of unbranched alkanes of at least 4 members (excludes halogenated alkanes) is 1. The van der Waals surface area contributed by atoms with Gasteiger partial charge in [-0.3, -0.25) is 4.90 Å². The predicted octanol–water partition coefficient (Wildman–Crippen LogP) is 2.32. The molecule has 0 saturated carbocycles. The standard InChI is InChI=1S/C14H20FNO2/c15-13-5-1-2-6-14(13)18-10-4-3-7-16-8-11-17-12-9-16/h1-2,5-6H,3-4,7-12H2. The van der Waals surface area contributed by atoms with Crippen LogP contribution in [0.1, 0.15) is 12.8 Å². The lowest BCUT2D eigenvalue weighted by molar-refractivity contribution is 0.0367. The van der Waals surface area contributed by atoms with Crippen molar-refractivity contribution in [2.45, 2.75) is 12.8 Å². The van der Waals surface area contributed by atoms with Crippen LogP contribution in [0, 0.1) is 5.82 Å². The molecule has 100 valence electrons. The van der Waals surface area contributed by atoms with Crippen LogP contribution in [0.2, 0.25) is 0 Å². The SMILES string of the molecule is Fc1ccccc1OCCCCN1CCOCC1. The van der Waals surface area contributed by atoms with Gasteiger partial charge in [0, 0.05) is 13.1 Å². The Morgan fingerprint density at radius 1 is 1.17 bits per heavy atom. The quantitative estimate of drug-likeness (QED) is 0.726. The lowest BCUT2D eigenvalue weighted by Crippen LogP contribution is -2.36. The van der Waals surface area contributed by atoms with E-state index in [4.69, 9.17) is 9.47 Å². The third-order valence-corrected chi connectivity index (χ3v) is 3.07. The number of rotatable bonds is 6. The molecule has 0 atom stereocenters. The molecule has 1 saturated heterocycles. The molecule has 1 aromatic rings. The molecule has 1 heterocycles. The van der Waals surface area contributed by atoms with Crippen LogP contribution >= 0.6 is 0 Å². The second kappa shape index (κ2) is 7.34. The average molecular weight is 253 g/mol. The molecule has 18 heavy (non-hydrogen) atoms. The number of nitrogens with zero attached hydrogens (tertiary/aromatic N) is 1. The van der Waals surface area contributed by atoms with Crippen LogP contribution in [0.5, 0.6) is 5.75 Å². The summed E-state index contributed by atoms with van der Waals surface area (Å²) in [6.45, 7) is 5.37. The summed E-state index contributed by atoms with van der Waals surface area (Å²) in [6.07, 6.45) is 2.03. The summed E-state index contributed by atoms with van der Waals surface area (Å²) >= 11 is 0. The Kier molecular flexibility index (Phi) is 5.42. The number of morpholine rings is 1. The van der Waals surface area contributed by atoms with Crippen LogP contribution in [0.15, 0.2) is 24.3 Å². The maximum absolute atomic E-state index is 13.2. The van der Waals surface area contributed by atoms with Gasteiger partial charge in [-0.05, 0) is 31.5 Å². The third-order valence-electron chi connectivity index (χ3n) is 3.07.